The lowest BCUT2D eigenvalue weighted by atomic mass is 9.67. The Bertz CT molecular complexity index is 1200. The molecule has 142 valence electrons. The number of aliphatic hydroxyl groups is 1. The molecule has 1 spiro atoms. The highest BCUT2D eigenvalue weighted by molar-refractivity contribution is 5.96. The Morgan fingerprint density at radius 2 is 2.00 bits per heavy atom. The van der Waals surface area contributed by atoms with Gasteiger partial charge in [0.1, 0.15) is 17.0 Å². The van der Waals surface area contributed by atoms with Crippen molar-refractivity contribution in [2.24, 2.45) is 9.98 Å². The average molecular weight is 373 g/mol. The van der Waals surface area contributed by atoms with Gasteiger partial charge >= 0.3 is 0 Å². The Kier molecular flexibility index (Phi) is 3.10. The highest BCUT2D eigenvalue weighted by Crippen LogP contribution is 2.57. The summed E-state index contributed by atoms with van der Waals surface area (Å²) in [5, 5.41) is 23.8. The molecular weight excluding hydrogens is 350 g/mol. The van der Waals surface area contributed by atoms with Crippen LogP contribution < -0.4 is 16.3 Å². The first-order valence-electron chi connectivity index (χ1n) is 10.2. The van der Waals surface area contributed by atoms with Crippen molar-refractivity contribution in [1.29, 1.82) is 0 Å². The minimum atomic E-state index is -0.447. The van der Waals surface area contributed by atoms with E-state index in [2.05, 4.69) is 6.08 Å². The van der Waals surface area contributed by atoms with Gasteiger partial charge in [0.25, 0.3) is 0 Å². The van der Waals surface area contributed by atoms with Crippen molar-refractivity contribution in [3.8, 4) is 5.75 Å². The van der Waals surface area contributed by atoms with Crippen LogP contribution in [0.3, 0.4) is 0 Å². The van der Waals surface area contributed by atoms with Crippen molar-refractivity contribution >= 4 is 23.6 Å². The summed E-state index contributed by atoms with van der Waals surface area (Å²) < 4.78 is 0. The summed E-state index contributed by atoms with van der Waals surface area (Å²) in [5.74, 6) is 0.509. The molecular formula is C23H23N3O2. The Labute approximate surface area is 163 Å². The van der Waals surface area contributed by atoms with E-state index in [-0.39, 0.29) is 5.75 Å². The molecule has 5 nitrogen and oxygen atoms in total. The number of dihydropyridines is 1. The minimum absolute atomic E-state index is 0.131. The molecule has 0 bridgehead atoms. The van der Waals surface area contributed by atoms with E-state index in [0.717, 1.165) is 89.9 Å². The Balaban J connectivity index is 1.76. The van der Waals surface area contributed by atoms with E-state index < -0.39 is 5.54 Å². The van der Waals surface area contributed by atoms with E-state index >= 15 is 0 Å². The standard InChI is InChI=1S/C23H23N3O2/c24-19-18-12(20-14(22(19)28)4-2-10-25-20)7-8-13-17(18)15-5-1-9-23(15)16(21(13)27)6-3-11-26-23/h4,6,11,27-28H,1-3,5,7-10,24H2. The van der Waals surface area contributed by atoms with Gasteiger partial charge in [0, 0.05) is 41.1 Å². The molecule has 1 aromatic carbocycles. The van der Waals surface area contributed by atoms with Gasteiger partial charge in [-0.3, -0.25) is 9.98 Å². The number of hydrogen-bond donors (Lipinski definition) is 3. The summed E-state index contributed by atoms with van der Waals surface area (Å²) >= 11 is 0. The number of phenolic OH excluding ortho intramolecular Hbond substituents is 1. The van der Waals surface area contributed by atoms with E-state index in [0.29, 0.717) is 11.4 Å². The number of fused-ring (bicyclic) bond motifs is 5. The summed E-state index contributed by atoms with van der Waals surface area (Å²) in [4.78, 5) is 9.66. The Morgan fingerprint density at radius 1 is 1.11 bits per heavy atom. The van der Waals surface area contributed by atoms with Gasteiger partial charge in [0.15, 0.2) is 0 Å². The van der Waals surface area contributed by atoms with Gasteiger partial charge in [-0.15, -0.1) is 0 Å². The van der Waals surface area contributed by atoms with Crippen LogP contribution in [0.2, 0.25) is 0 Å². The van der Waals surface area contributed by atoms with E-state index in [1.165, 1.54) is 5.57 Å². The number of phenols is 1. The Hall–Kier alpha value is -2.82. The molecule has 1 fully saturated rings. The zero-order valence-corrected chi connectivity index (χ0v) is 15.8. The van der Waals surface area contributed by atoms with Crippen LogP contribution in [-0.4, -0.2) is 28.5 Å². The molecule has 0 radical (unpaired) electrons. The summed E-state index contributed by atoms with van der Waals surface area (Å²) in [6.07, 6.45) is 12.2. The Morgan fingerprint density at radius 3 is 2.89 bits per heavy atom. The second-order valence-electron chi connectivity index (χ2n) is 8.31. The van der Waals surface area contributed by atoms with Gasteiger partial charge < -0.3 is 15.9 Å². The number of nitrogens with two attached hydrogens (primary N) is 1. The van der Waals surface area contributed by atoms with E-state index in [9.17, 15) is 10.2 Å². The predicted octanol–water partition coefficient (Wildman–Crippen LogP) is 2.63. The molecule has 5 aliphatic rings. The topological polar surface area (TPSA) is 91.2 Å². The minimum Gasteiger partial charge on any atom is -0.507 e. The first-order chi connectivity index (χ1) is 13.6. The van der Waals surface area contributed by atoms with Crippen LogP contribution in [0.4, 0.5) is 5.69 Å². The lowest BCUT2D eigenvalue weighted by molar-refractivity contribution is 0.388. The zero-order chi connectivity index (χ0) is 19.0. The lowest BCUT2D eigenvalue weighted by Gasteiger charge is -2.40. The third-order valence-electron chi connectivity index (χ3n) is 7.04. The van der Waals surface area contributed by atoms with Crippen molar-refractivity contribution < 1.29 is 10.2 Å². The third-order valence-corrected chi connectivity index (χ3v) is 7.04. The maximum Gasteiger partial charge on any atom is 0.148 e. The molecule has 0 amide bonds. The van der Waals surface area contributed by atoms with Crippen molar-refractivity contribution in [2.45, 2.75) is 50.5 Å². The second-order valence-corrected chi connectivity index (χ2v) is 8.31. The number of benzene rings is 1. The van der Waals surface area contributed by atoms with Crippen LogP contribution in [0.5, 0.6) is 5.75 Å². The number of nitrogen functional groups attached to an aromatic ring is 1. The van der Waals surface area contributed by atoms with E-state index in [4.69, 9.17) is 15.7 Å². The number of aromatic hydroxyl groups is 1. The van der Waals surface area contributed by atoms with Crippen molar-refractivity contribution in [3.63, 3.8) is 0 Å². The quantitative estimate of drug-likeness (QED) is 0.482. The zero-order valence-electron chi connectivity index (χ0n) is 15.8. The van der Waals surface area contributed by atoms with Crippen molar-refractivity contribution in [3.05, 3.63) is 50.3 Å². The molecule has 6 rings (SSSR count). The maximum atomic E-state index is 11.2. The van der Waals surface area contributed by atoms with E-state index in [1.54, 1.807) is 0 Å². The van der Waals surface area contributed by atoms with Crippen molar-refractivity contribution in [2.75, 3.05) is 12.3 Å². The molecule has 1 saturated carbocycles. The number of rotatable bonds is 0. The van der Waals surface area contributed by atoms with Crippen LogP contribution in [0.1, 0.15) is 49.7 Å². The summed E-state index contributed by atoms with van der Waals surface area (Å²) in [6.45, 7) is 0.740. The number of allylic oxidation sites excluding steroid dienone is 3. The fourth-order valence-corrected chi connectivity index (χ4v) is 5.93. The summed E-state index contributed by atoms with van der Waals surface area (Å²) in [7, 11) is 0. The molecule has 3 aliphatic carbocycles. The largest absolute Gasteiger partial charge is 0.507 e. The summed E-state index contributed by atoms with van der Waals surface area (Å²) in [5.41, 5.74) is 12.7. The molecule has 1 aromatic rings. The molecule has 2 aliphatic heterocycles. The van der Waals surface area contributed by atoms with Crippen LogP contribution in [0.25, 0.3) is 11.6 Å². The molecule has 1 unspecified atom stereocenters. The van der Waals surface area contributed by atoms with Gasteiger partial charge in [-0.05, 0) is 55.2 Å². The van der Waals surface area contributed by atoms with Crippen LogP contribution in [-0.2, 0) is 6.42 Å². The monoisotopic (exact) mass is 373 g/mol. The highest BCUT2D eigenvalue weighted by atomic mass is 16.3. The number of hydrogen-bond acceptors (Lipinski definition) is 5. The molecule has 28 heavy (non-hydrogen) atoms. The normalized spacial score (nSPS) is 27.1. The molecule has 1 atom stereocenters. The van der Waals surface area contributed by atoms with E-state index in [1.807, 2.05) is 12.3 Å². The number of aliphatic hydroxyl groups excluding tert-OH is 1. The molecule has 4 N–H and O–H groups in total. The maximum absolute atomic E-state index is 11.2. The SMILES string of the molecule is Nc1c2c(c3c(c1O)=CCCN=3)CCC1=C(O)C3=CCC=NC34CCCC4=C12. The second kappa shape index (κ2) is 5.37. The van der Waals surface area contributed by atoms with Crippen LogP contribution in [0, 0.1) is 0 Å². The number of nitrogens with zero attached hydrogens (tertiary/aromatic N) is 2. The molecule has 0 aromatic heterocycles. The molecule has 0 saturated heterocycles. The molecule has 5 heteroatoms. The number of aliphatic imine (C=N–C) groups is 1. The number of anilines is 1. The van der Waals surface area contributed by atoms with Gasteiger partial charge in [0.2, 0.25) is 0 Å². The fourth-order valence-electron chi connectivity index (χ4n) is 5.93. The van der Waals surface area contributed by atoms with Crippen LogP contribution in [0.15, 0.2) is 38.5 Å². The highest BCUT2D eigenvalue weighted by Gasteiger charge is 2.50. The van der Waals surface area contributed by atoms with Crippen LogP contribution >= 0.6 is 0 Å². The van der Waals surface area contributed by atoms with Gasteiger partial charge in [-0.25, -0.2) is 0 Å². The summed E-state index contributed by atoms with van der Waals surface area (Å²) in [6, 6.07) is 0. The smallest absolute Gasteiger partial charge is 0.148 e. The average Bonchev–Trinajstić information content (AvgIpc) is 3.15. The predicted molar refractivity (Wildman–Crippen MR) is 110 cm³/mol. The third kappa shape index (κ3) is 1.77. The fraction of sp³-hybridized carbons (Fsp3) is 0.391. The van der Waals surface area contributed by atoms with Crippen molar-refractivity contribution in [1.82, 2.24) is 0 Å². The lowest BCUT2D eigenvalue weighted by Crippen LogP contribution is -2.39. The van der Waals surface area contributed by atoms with Gasteiger partial charge in [0.05, 0.1) is 11.0 Å². The molecule has 2 heterocycles. The van der Waals surface area contributed by atoms with Gasteiger partial charge in [-0.2, -0.15) is 0 Å². The van der Waals surface area contributed by atoms with Gasteiger partial charge in [-0.1, -0.05) is 12.2 Å². The first kappa shape index (κ1) is 16.2. The first-order valence-corrected chi connectivity index (χ1v) is 10.2.